The van der Waals surface area contributed by atoms with E-state index in [1.54, 1.807) is 24.3 Å². The van der Waals surface area contributed by atoms with Crippen molar-refractivity contribution in [1.82, 2.24) is 9.78 Å². The van der Waals surface area contributed by atoms with Gasteiger partial charge in [0.05, 0.1) is 18.5 Å². The largest absolute Gasteiger partial charge is 0.437 e. The summed E-state index contributed by atoms with van der Waals surface area (Å²) in [5.41, 5.74) is -0.841. The summed E-state index contributed by atoms with van der Waals surface area (Å²) in [6.07, 6.45) is -3.82. The molecule has 0 aliphatic heterocycles. The fraction of sp³-hybridized carbons (Fsp3) is 0.250. The van der Waals surface area contributed by atoms with Crippen LogP contribution >= 0.6 is 0 Å². The van der Waals surface area contributed by atoms with Gasteiger partial charge in [0.25, 0.3) is 0 Å². The maximum Gasteiger partial charge on any atom is 0.437 e. The molecule has 2 aromatic rings. The monoisotopic (exact) mass is 333 g/mol. The Bertz CT molecular complexity index is 698. The minimum absolute atomic E-state index is 0.0150. The Kier molecular flexibility index (Phi) is 4.71. The van der Waals surface area contributed by atoms with Crippen LogP contribution < -0.4 is 0 Å². The van der Waals surface area contributed by atoms with Crippen molar-refractivity contribution < 1.29 is 21.9 Å². The molecule has 2 rings (SSSR count). The molecule has 0 spiro atoms. The van der Waals surface area contributed by atoms with E-state index in [2.05, 4.69) is 10.3 Å². The van der Waals surface area contributed by atoms with E-state index in [0.717, 1.165) is 10.9 Å². The van der Waals surface area contributed by atoms with E-state index < -0.39 is 28.6 Å². The molecule has 1 atom stereocenters. The second-order valence-electron chi connectivity index (χ2n) is 4.43. The number of hydrogen-bond acceptors (Lipinski definition) is 4. The molecule has 0 bridgehead atoms. The number of benzene rings is 1. The van der Waals surface area contributed by atoms with Crippen LogP contribution in [0.3, 0.4) is 0 Å². The van der Waals surface area contributed by atoms with Gasteiger partial charge in [-0.25, -0.2) is 4.21 Å². The van der Waals surface area contributed by atoms with Crippen LogP contribution in [0.2, 0.25) is 0 Å². The number of halogens is 3. The van der Waals surface area contributed by atoms with Gasteiger partial charge in [0, 0.05) is 0 Å². The van der Waals surface area contributed by atoms with Gasteiger partial charge in [0.2, 0.25) is 0 Å². The van der Waals surface area contributed by atoms with Crippen LogP contribution in [-0.4, -0.2) is 18.5 Å². The molecule has 1 heterocycles. The predicted molar refractivity (Wildman–Crippen MR) is 72.7 cm³/mol. The molecular weight excluding hydrogens is 323 g/mol. The summed E-state index contributed by atoms with van der Waals surface area (Å²) < 4.78 is 58.3. The summed E-state index contributed by atoms with van der Waals surface area (Å²) in [7, 11) is 0. The maximum absolute atomic E-state index is 12.6. The molecule has 0 aliphatic carbocycles. The number of nitroso groups, excluding NO2 is 1. The zero-order valence-electron chi connectivity index (χ0n) is 10.9. The van der Waals surface area contributed by atoms with Crippen LogP contribution in [0.1, 0.15) is 16.8 Å². The van der Waals surface area contributed by atoms with Crippen molar-refractivity contribution in [3.8, 4) is 0 Å². The van der Waals surface area contributed by atoms with E-state index in [4.69, 9.17) is 4.55 Å². The first kappa shape index (κ1) is 16.3. The molecule has 0 amide bonds. The van der Waals surface area contributed by atoms with Gasteiger partial charge in [-0.2, -0.15) is 18.3 Å². The molecule has 0 aliphatic rings. The lowest BCUT2D eigenvalue weighted by atomic mass is 10.1. The zero-order chi connectivity index (χ0) is 16.3. The molecule has 0 saturated heterocycles. The van der Waals surface area contributed by atoms with Gasteiger partial charge in [-0.3, -0.25) is 4.68 Å². The normalized spacial score (nSPS) is 13.1. The topological polar surface area (TPSA) is 84.5 Å². The van der Waals surface area contributed by atoms with E-state index in [-0.39, 0.29) is 12.3 Å². The molecule has 0 saturated carbocycles. The van der Waals surface area contributed by atoms with E-state index in [1.165, 1.54) is 0 Å². The van der Waals surface area contributed by atoms with E-state index >= 15 is 0 Å². The minimum atomic E-state index is -4.75. The number of aromatic nitrogens is 2. The third kappa shape index (κ3) is 3.98. The second kappa shape index (κ2) is 6.36. The van der Waals surface area contributed by atoms with Crippen LogP contribution in [0.5, 0.6) is 0 Å². The van der Waals surface area contributed by atoms with E-state index in [0.29, 0.717) is 11.1 Å². The van der Waals surface area contributed by atoms with E-state index in [9.17, 15) is 22.3 Å². The SMILES string of the molecule is O=Nc1cn(Cc2ccc(CS(=O)O)cc2)nc1C(F)(F)F. The summed E-state index contributed by atoms with van der Waals surface area (Å²) in [6, 6.07) is 6.39. The summed E-state index contributed by atoms with van der Waals surface area (Å²) in [6.45, 7) is 0.0150. The van der Waals surface area contributed by atoms with Gasteiger partial charge >= 0.3 is 6.18 Å². The molecule has 1 unspecified atom stereocenters. The lowest BCUT2D eigenvalue weighted by molar-refractivity contribution is -0.140. The van der Waals surface area contributed by atoms with Gasteiger partial charge in [-0.15, -0.1) is 4.91 Å². The van der Waals surface area contributed by atoms with Crippen molar-refractivity contribution in [3.63, 3.8) is 0 Å². The highest BCUT2D eigenvalue weighted by atomic mass is 32.2. The van der Waals surface area contributed by atoms with E-state index in [1.807, 2.05) is 0 Å². The van der Waals surface area contributed by atoms with Crippen LogP contribution in [0, 0.1) is 4.91 Å². The number of rotatable bonds is 5. The first-order chi connectivity index (χ1) is 10.3. The molecular formula is C12H10F3N3O3S. The molecule has 118 valence electrons. The second-order valence-corrected chi connectivity index (χ2v) is 5.36. The smallest absolute Gasteiger partial charge is 0.306 e. The highest BCUT2D eigenvalue weighted by molar-refractivity contribution is 7.78. The third-order valence-electron chi connectivity index (χ3n) is 2.77. The van der Waals surface area contributed by atoms with Gasteiger partial charge < -0.3 is 4.55 Å². The highest BCUT2D eigenvalue weighted by Gasteiger charge is 2.38. The quantitative estimate of drug-likeness (QED) is 0.673. The Morgan fingerprint density at radius 3 is 2.27 bits per heavy atom. The molecule has 1 aromatic carbocycles. The summed E-state index contributed by atoms with van der Waals surface area (Å²) in [5.74, 6) is -0.0283. The lowest BCUT2D eigenvalue weighted by Gasteiger charge is -2.04. The van der Waals surface area contributed by atoms with Gasteiger partial charge in [-0.1, -0.05) is 24.3 Å². The fourth-order valence-corrected chi connectivity index (χ4v) is 2.31. The van der Waals surface area contributed by atoms with Crippen LogP contribution in [-0.2, 0) is 29.6 Å². The first-order valence-corrected chi connectivity index (χ1v) is 7.20. The fourth-order valence-electron chi connectivity index (χ4n) is 1.83. The Morgan fingerprint density at radius 1 is 1.23 bits per heavy atom. The molecule has 0 fully saturated rings. The number of hydrogen-bond donors (Lipinski definition) is 1. The van der Waals surface area contributed by atoms with Gasteiger partial charge in [0.15, 0.2) is 22.5 Å². The van der Waals surface area contributed by atoms with Crippen molar-refractivity contribution >= 4 is 16.8 Å². The van der Waals surface area contributed by atoms with Crippen LogP contribution in [0.15, 0.2) is 35.6 Å². The third-order valence-corrected chi connectivity index (χ3v) is 3.35. The Labute approximate surface area is 125 Å². The average Bonchev–Trinajstić information content (AvgIpc) is 2.83. The maximum atomic E-state index is 12.6. The standard InChI is InChI=1S/C12H10F3N3O3S/c13-12(14,15)11-10(17-19)6-18(16-11)5-8-1-3-9(4-2-8)7-22(20)21/h1-4,6H,5,7H2,(H,20,21). The van der Waals surface area contributed by atoms with Crippen molar-refractivity contribution in [3.05, 3.63) is 52.2 Å². The van der Waals surface area contributed by atoms with Crippen LogP contribution in [0.4, 0.5) is 18.9 Å². The van der Waals surface area contributed by atoms with Crippen molar-refractivity contribution in [1.29, 1.82) is 0 Å². The van der Waals surface area contributed by atoms with Crippen molar-refractivity contribution in [2.75, 3.05) is 0 Å². The molecule has 22 heavy (non-hydrogen) atoms. The molecule has 10 heteroatoms. The molecule has 0 radical (unpaired) electrons. The summed E-state index contributed by atoms with van der Waals surface area (Å²) >= 11 is -1.96. The number of alkyl halides is 3. The van der Waals surface area contributed by atoms with Crippen LogP contribution in [0.25, 0.3) is 0 Å². The average molecular weight is 333 g/mol. The Hall–Kier alpha value is -2.07. The Balaban J connectivity index is 2.19. The first-order valence-electron chi connectivity index (χ1n) is 5.93. The minimum Gasteiger partial charge on any atom is -0.306 e. The lowest BCUT2D eigenvalue weighted by Crippen LogP contribution is -2.08. The Morgan fingerprint density at radius 2 is 1.82 bits per heavy atom. The van der Waals surface area contributed by atoms with Crippen molar-refractivity contribution in [2.45, 2.75) is 18.5 Å². The zero-order valence-corrected chi connectivity index (χ0v) is 11.8. The molecule has 1 aromatic heterocycles. The summed E-state index contributed by atoms with van der Waals surface area (Å²) in [4.78, 5) is 10.4. The molecule has 1 N–H and O–H groups in total. The predicted octanol–water partition coefficient (Wildman–Crippen LogP) is 3.07. The van der Waals surface area contributed by atoms with Gasteiger partial charge in [0.1, 0.15) is 0 Å². The highest BCUT2D eigenvalue weighted by Crippen LogP contribution is 2.35. The summed E-state index contributed by atoms with van der Waals surface area (Å²) in [5, 5.41) is 5.66. The van der Waals surface area contributed by atoms with Gasteiger partial charge in [-0.05, 0) is 16.3 Å². The molecule has 6 nitrogen and oxygen atoms in total. The van der Waals surface area contributed by atoms with Crippen molar-refractivity contribution in [2.24, 2.45) is 5.18 Å². The number of nitrogens with zero attached hydrogens (tertiary/aromatic N) is 3.